The van der Waals surface area contributed by atoms with E-state index in [1.54, 1.807) is 18.2 Å². The lowest BCUT2D eigenvalue weighted by Crippen LogP contribution is -1.97. The van der Waals surface area contributed by atoms with Crippen LogP contribution in [0.3, 0.4) is 0 Å². The maximum atomic E-state index is 13.4. The summed E-state index contributed by atoms with van der Waals surface area (Å²) in [6.07, 6.45) is 0. The Hall–Kier alpha value is -1.19. The van der Waals surface area contributed by atoms with Gasteiger partial charge in [0.15, 0.2) is 5.78 Å². The second kappa shape index (κ2) is 5.21. The van der Waals surface area contributed by atoms with E-state index in [1.165, 1.54) is 25.1 Å². The van der Waals surface area contributed by atoms with Gasteiger partial charge in [0.25, 0.3) is 0 Å². The molecule has 0 aliphatic heterocycles. The summed E-state index contributed by atoms with van der Waals surface area (Å²) in [7, 11) is 0. The van der Waals surface area contributed by atoms with E-state index in [1.807, 2.05) is 0 Å². The molecular weight excluding hydrogens is 319 g/mol. The van der Waals surface area contributed by atoms with E-state index in [0.717, 1.165) is 4.47 Å². The molecule has 0 spiro atoms. The van der Waals surface area contributed by atoms with E-state index in [9.17, 15) is 9.18 Å². The molecule has 92 valence electrons. The van der Waals surface area contributed by atoms with Crippen molar-refractivity contribution >= 4 is 33.3 Å². The van der Waals surface area contributed by atoms with Crippen molar-refractivity contribution < 1.29 is 9.18 Å². The number of benzene rings is 2. The fourth-order valence-electron chi connectivity index (χ4n) is 1.75. The highest BCUT2D eigenvalue weighted by molar-refractivity contribution is 9.10. The molecule has 4 heteroatoms. The summed E-state index contributed by atoms with van der Waals surface area (Å²) in [5, 5.41) is 0.478. The number of rotatable bonds is 2. The number of halogens is 3. The first-order chi connectivity index (χ1) is 8.49. The Kier molecular flexibility index (Phi) is 3.83. The molecule has 0 aromatic heterocycles. The first-order valence-corrected chi connectivity index (χ1v) is 6.42. The highest BCUT2D eigenvalue weighted by Gasteiger charge is 2.13. The fraction of sp³-hybridized carbons (Fsp3) is 0.0714. The Morgan fingerprint density at radius 1 is 1.17 bits per heavy atom. The van der Waals surface area contributed by atoms with Gasteiger partial charge in [-0.25, -0.2) is 4.39 Å². The van der Waals surface area contributed by atoms with E-state index >= 15 is 0 Å². The maximum Gasteiger partial charge on any atom is 0.160 e. The second-order valence-electron chi connectivity index (χ2n) is 3.87. The average molecular weight is 328 g/mol. The average Bonchev–Trinajstić information content (AvgIpc) is 2.31. The summed E-state index contributed by atoms with van der Waals surface area (Å²) in [5.41, 5.74) is 1.60. The summed E-state index contributed by atoms with van der Waals surface area (Å²) in [6.45, 7) is 1.45. The third-order valence-corrected chi connectivity index (χ3v) is 3.40. The molecule has 0 radical (unpaired) electrons. The summed E-state index contributed by atoms with van der Waals surface area (Å²) in [6, 6.07) is 9.33. The smallest absolute Gasteiger partial charge is 0.160 e. The molecule has 0 N–H and O–H groups in total. The van der Waals surface area contributed by atoms with Crippen LogP contribution in [0.25, 0.3) is 11.1 Å². The zero-order valence-electron chi connectivity index (χ0n) is 9.51. The van der Waals surface area contributed by atoms with Gasteiger partial charge in [-0.1, -0.05) is 27.5 Å². The van der Waals surface area contributed by atoms with Crippen LogP contribution >= 0.6 is 27.5 Å². The van der Waals surface area contributed by atoms with Crippen LogP contribution in [-0.4, -0.2) is 5.78 Å². The molecule has 0 amide bonds. The molecule has 18 heavy (non-hydrogen) atoms. The van der Waals surface area contributed by atoms with Gasteiger partial charge >= 0.3 is 0 Å². The lowest BCUT2D eigenvalue weighted by Gasteiger charge is -2.10. The summed E-state index contributed by atoms with van der Waals surface area (Å²) in [4.78, 5) is 11.6. The minimum absolute atomic E-state index is 0.124. The van der Waals surface area contributed by atoms with E-state index in [0.29, 0.717) is 21.7 Å². The van der Waals surface area contributed by atoms with Crippen molar-refractivity contribution in [3.8, 4) is 11.1 Å². The van der Waals surface area contributed by atoms with Crippen LogP contribution in [0, 0.1) is 5.82 Å². The Morgan fingerprint density at radius 3 is 2.56 bits per heavy atom. The van der Waals surface area contributed by atoms with Gasteiger partial charge in [0.2, 0.25) is 0 Å². The Morgan fingerprint density at radius 2 is 1.89 bits per heavy atom. The Labute approximate surface area is 118 Å². The van der Waals surface area contributed by atoms with Gasteiger partial charge < -0.3 is 0 Å². The van der Waals surface area contributed by atoms with Gasteiger partial charge in [-0.3, -0.25) is 4.79 Å². The molecule has 0 heterocycles. The van der Waals surface area contributed by atoms with Crippen molar-refractivity contribution in [1.82, 2.24) is 0 Å². The zero-order valence-corrected chi connectivity index (χ0v) is 11.8. The molecule has 0 aliphatic rings. The van der Waals surface area contributed by atoms with Crippen LogP contribution in [0.2, 0.25) is 5.02 Å². The van der Waals surface area contributed by atoms with Crippen molar-refractivity contribution in [1.29, 1.82) is 0 Å². The van der Waals surface area contributed by atoms with Gasteiger partial charge in [0.1, 0.15) is 5.82 Å². The Balaban J connectivity index is 2.73. The van der Waals surface area contributed by atoms with E-state index < -0.39 is 5.82 Å². The standard InChI is InChI=1S/C14H9BrClFO/c1-8(18)11-4-3-10(17)7-12(11)13-6-9(15)2-5-14(13)16/h2-7H,1H3. The maximum absolute atomic E-state index is 13.4. The Bertz CT molecular complexity index is 625. The van der Waals surface area contributed by atoms with Crippen LogP contribution in [0.4, 0.5) is 4.39 Å². The van der Waals surface area contributed by atoms with Crippen LogP contribution < -0.4 is 0 Å². The summed E-state index contributed by atoms with van der Waals surface area (Å²) >= 11 is 9.44. The lowest BCUT2D eigenvalue weighted by molar-refractivity contribution is 0.101. The largest absolute Gasteiger partial charge is 0.294 e. The quantitative estimate of drug-likeness (QED) is 0.700. The fourth-order valence-corrected chi connectivity index (χ4v) is 2.33. The number of hydrogen-bond acceptors (Lipinski definition) is 1. The van der Waals surface area contributed by atoms with Gasteiger partial charge in [0.05, 0.1) is 0 Å². The normalized spacial score (nSPS) is 10.4. The van der Waals surface area contributed by atoms with Gasteiger partial charge in [-0.15, -0.1) is 0 Å². The van der Waals surface area contributed by atoms with E-state index in [2.05, 4.69) is 15.9 Å². The third kappa shape index (κ3) is 2.62. The van der Waals surface area contributed by atoms with Crippen LogP contribution in [0.5, 0.6) is 0 Å². The highest BCUT2D eigenvalue weighted by Crippen LogP contribution is 2.33. The molecule has 0 atom stereocenters. The van der Waals surface area contributed by atoms with Gasteiger partial charge in [-0.05, 0) is 48.9 Å². The minimum atomic E-state index is -0.397. The molecule has 0 saturated carbocycles. The molecule has 0 bridgehead atoms. The van der Waals surface area contributed by atoms with Crippen molar-refractivity contribution in [2.75, 3.05) is 0 Å². The first kappa shape index (κ1) is 13.2. The molecule has 0 saturated heterocycles. The molecule has 2 aromatic carbocycles. The number of carbonyl (C=O) groups excluding carboxylic acids is 1. The lowest BCUT2D eigenvalue weighted by atomic mass is 9.97. The third-order valence-electron chi connectivity index (χ3n) is 2.58. The van der Waals surface area contributed by atoms with E-state index in [-0.39, 0.29) is 5.78 Å². The number of hydrogen-bond donors (Lipinski definition) is 0. The molecule has 0 fully saturated rings. The molecule has 0 unspecified atom stereocenters. The molecule has 2 aromatic rings. The minimum Gasteiger partial charge on any atom is -0.294 e. The molecular formula is C14H9BrClFO. The first-order valence-electron chi connectivity index (χ1n) is 5.25. The molecule has 0 aliphatic carbocycles. The predicted molar refractivity (Wildman–Crippen MR) is 74.6 cm³/mol. The van der Waals surface area contributed by atoms with Crippen LogP contribution in [-0.2, 0) is 0 Å². The number of carbonyl (C=O) groups is 1. The topological polar surface area (TPSA) is 17.1 Å². The highest BCUT2D eigenvalue weighted by atomic mass is 79.9. The number of Topliss-reactive ketones (excluding diaryl/α,β-unsaturated/α-hetero) is 1. The predicted octanol–water partition coefficient (Wildman–Crippen LogP) is 5.11. The van der Waals surface area contributed by atoms with Crippen molar-refractivity contribution in [3.63, 3.8) is 0 Å². The summed E-state index contributed by atoms with van der Waals surface area (Å²) < 4.78 is 14.2. The molecule has 2 rings (SSSR count). The van der Waals surface area contributed by atoms with Crippen molar-refractivity contribution in [3.05, 3.63) is 57.3 Å². The number of ketones is 1. The SMILES string of the molecule is CC(=O)c1ccc(F)cc1-c1cc(Br)ccc1Cl. The summed E-state index contributed by atoms with van der Waals surface area (Å²) in [5.74, 6) is -0.521. The van der Waals surface area contributed by atoms with Crippen LogP contribution in [0.15, 0.2) is 40.9 Å². The van der Waals surface area contributed by atoms with Gasteiger partial charge in [0, 0.05) is 20.6 Å². The monoisotopic (exact) mass is 326 g/mol. The van der Waals surface area contributed by atoms with Crippen molar-refractivity contribution in [2.24, 2.45) is 0 Å². The molecule has 1 nitrogen and oxygen atoms in total. The van der Waals surface area contributed by atoms with Gasteiger partial charge in [-0.2, -0.15) is 0 Å². The zero-order chi connectivity index (χ0) is 13.3. The second-order valence-corrected chi connectivity index (χ2v) is 5.19. The van der Waals surface area contributed by atoms with Crippen LogP contribution in [0.1, 0.15) is 17.3 Å². The van der Waals surface area contributed by atoms with E-state index in [4.69, 9.17) is 11.6 Å². The van der Waals surface area contributed by atoms with Crippen molar-refractivity contribution in [2.45, 2.75) is 6.92 Å².